The van der Waals surface area contributed by atoms with Gasteiger partial charge in [-0.25, -0.2) is 0 Å². The molecule has 0 saturated carbocycles. The Morgan fingerprint density at radius 3 is 2.50 bits per heavy atom. The van der Waals surface area contributed by atoms with Crippen molar-refractivity contribution in [1.82, 2.24) is 0 Å². The summed E-state index contributed by atoms with van der Waals surface area (Å²) >= 11 is 0. The monoisotopic (exact) mass is 173 g/mol. The average Bonchev–Trinajstić information content (AvgIpc) is 2.04. The maximum Gasteiger partial charge on any atom is 0.167 e. The summed E-state index contributed by atoms with van der Waals surface area (Å²) < 4.78 is 0. The van der Waals surface area contributed by atoms with Gasteiger partial charge in [0, 0.05) is 6.92 Å². The molecule has 0 aliphatic heterocycles. The molecule has 0 rings (SSSR count). The van der Waals surface area contributed by atoms with Gasteiger partial charge in [0.05, 0.1) is 0 Å². The summed E-state index contributed by atoms with van der Waals surface area (Å²) in [6.45, 7) is 5.17. The quantitative estimate of drug-likeness (QED) is 0.445. The Hall–Kier alpha value is -0.880. The normalized spacial score (nSPS) is 17.9. The van der Waals surface area contributed by atoms with E-state index in [2.05, 4.69) is 0 Å². The molecule has 0 aliphatic carbocycles. The second kappa shape index (κ2) is 5.73. The molecule has 0 aromatic heterocycles. The Morgan fingerprint density at radius 2 is 2.08 bits per heavy atom. The lowest BCUT2D eigenvalue weighted by Crippen LogP contribution is -3.52. The summed E-state index contributed by atoms with van der Waals surface area (Å²) in [7, 11) is 0. The molecule has 0 aromatic carbocycles. The van der Waals surface area contributed by atoms with E-state index in [0.717, 1.165) is 0 Å². The van der Waals surface area contributed by atoms with Gasteiger partial charge in [0.2, 0.25) is 0 Å². The number of hydrogen-bond acceptors (Lipinski definition) is 2. The van der Waals surface area contributed by atoms with E-state index in [1.54, 1.807) is 32.9 Å². The number of nitrogens with one attached hydrogen (secondary N) is 3. The highest BCUT2D eigenvalue weighted by molar-refractivity contribution is 4.81. The van der Waals surface area contributed by atoms with Crippen LogP contribution in [0.5, 0.6) is 0 Å². The number of rotatable bonds is 4. The van der Waals surface area contributed by atoms with Gasteiger partial charge in [0.1, 0.15) is 6.20 Å². The lowest BCUT2D eigenvalue weighted by molar-refractivity contribution is -1.52. The fraction of sp³-hybridized carbons (Fsp3) is 0.429. The van der Waals surface area contributed by atoms with Gasteiger partial charge in [-0.3, -0.25) is 4.84 Å². The van der Waals surface area contributed by atoms with E-state index >= 15 is 0 Å². The molecule has 0 radical (unpaired) electrons. The van der Waals surface area contributed by atoms with Gasteiger partial charge in [-0.15, -0.1) is 0 Å². The highest BCUT2D eigenvalue weighted by atomic mass is 16.9. The first-order chi connectivity index (χ1) is 5.61. The number of quaternary nitrogens is 2. The first-order valence-electron chi connectivity index (χ1n) is 3.68. The lowest BCUT2D eigenvalue weighted by Gasteiger charge is -2.26. The van der Waals surface area contributed by atoms with Crippen LogP contribution in [0.4, 0.5) is 0 Å². The Labute approximate surface area is 72.2 Å². The molecule has 0 heterocycles. The summed E-state index contributed by atoms with van der Waals surface area (Å²) in [6, 6.07) is 0. The summed E-state index contributed by atoms with van der Waals surface area (Å²) in [5, 5.41) is 10.2. The van der Waals surface area contributed by atoms with Crippen molar-refractivity contribution in [1.29, 1.82) is 0 Å². The molecule has 3 N–H and O–H groups in total. The molecule has 0 aliphatic rings. The zero-order valence-corrected chi connectivity index (χ0v) is 7.55. The van der Waals surface area contributed by atoms with E-state index in [9.17, 15) is 5.21 Å². The van der Waals surface area contributed by atoms with E-state index < -0.39 is 5.34 Å². The Kier molecular flexibility index (Phi) is 5.31. The summed E-state index contributed by atoms with van der Waals surface area (Å²) in [4.78, 5) is 4.76. The molecule has 0 bridgehead atoms. The Morgan fingerprint density at radius 1 is 1.50 bits per heavy atom. The predicted molar refractivity (Wildman–Crippen MR) is 44.9 cm³/mol. The van der Waals surface area contributed by atoms with Gasteiger partial charge in [-0.1, -0.05) is 0 Å². The highest BCUT2D eigenvalue weighted by Crippen LogP contribution is 1.85. The Balaban J connectivity index is 3.94. The lowest BCUT2D eigenvalue weighted by atomic mass is 10.5. The molecule has 5 nitrogen and oxygen atoms in total. The maximum atomic E-state index is 11.0. The summed E-state index contributed by atoms with van der Waals surface area (Å²) in [5.41, 5.74) is 0. The summed E-state index contributed by atoms with van der Waals surface area (Å²) in [5.74, 6) is 7.68. The van der Waals surface area contributed by atoms with Crippen LogP contribution in [0, 0.1) is 5.21 Å². The zero-order chi connectivity index (χ0) is 9.56. The molecule has 0 amide bonds. The SMILES string of the molecule is C/C=C\[NH+]([NH-])[NH+]([O-])O/C(C)=C/C. The van der Waals surface area contributed by atoms with Crippen molar-refractivity contribution in [2.75, 3.05) is 0 Å². The molecular formula is C7H15N3O2. The first kappa shape index (κ1) is 11.1. The molecule has 2 unspecified atom stereocenters. The molecule has 0 fully saturated rings. The van der Waals surface area contributed by atoms with Crippen molar-refractivity contribution in [3.05, 3.63) is 35.2 Å². The van der Waals surface area contributed by atoms with Crippen LogP contribution in [0.15, 0.2) is 24.1 Å². The van der Waals surface area contributed by atoms with Crippen LogP contribution in [-0.4, -0.2) is 0 Å². The van der Waals surface area contributed by atoms with Crippen molar-refractivity contribution in [2.24, 2.45) is 0 Å². The second-order valence-corrected chi connectivity index (χ2v) is 2.20. The third-order valence-electron chi connectivity index (χ3n) is 1.21. The van der Waals surface area contributed by atoms with Gasteiger partial charge in [0.25, 0.3) is 0 Å². The third-order valence-corrected chi connectivity index (χ3v) is 1.21. The second-order valence-electron chi connectivity index (χ2n) is 2.20. The Bertz CT molecular complexity index is 179. The van der Waals surface area contributed by atoms with E-state index in [1.165, 1.54) is 6.20 Å². The minimum Gasteiger partial charge on any atom is -0.540 e. The zero-order valence-electron chi connectivity index (χ0n) is 7.55. The van der Waals surface area contributed by atoms with Gasteiger partial charge in [-0.05, 0) is 31.3 Å². The fourth-order valence-electron chi connectivity index (χ4n) is 0.495. The molecular weight excluding hydrogens is 158 g/mol. The topological polar surface area (TPSA) is 65.0 Å². The number of hydrogen-bond donors (Lipinski definition) is 2. The smallest absolute Gasteiger partial charge is 0.167 e. The fourth-order valence-corrected chi connectivity index (χ4v) is 0.495. The van der Waals surface area contributed by atoms with E-state index in [1.807, 2.05) is 0 Å². The van der Waals surface area contributed by atoms with Crippen LogP contribution in [0.2, 0.25) is 0 Å². The largest absolute Gasteiger partial charge is 0.540 e. The van der Waals surface area contributed by atoms with E-state index in [0.29, 0.717) is 5.76 Å². The van der Waals surface area contributed by atoms with E-state index in [-0.39, 0.29) is 5.12 Å². The molecule has 2 atom stereocenters. The van der Waals surface area contributed by atoms with Crippen molar-refractivity contribution in [3.8, 4) is 0 Å². The van der Waals surface area contributed by atoms with Gasteiger partial charge in [-0.2, -0.15) is 5.12 Å². The first-order valence-corrected chi connectivity index (χ1v) is 3.68. The van der Waals surface area contributed by atoms with Gasteiger partial charge >= 0.3 is 0 Å². The minimum atomic E-state index is -0.622. The molecule has 12 heavy (non-hydrogen) atoms. The van der Waals surface area contributed by atoms with Crippen LogP contribution in [-0.2, 0) is 4.84 Å². The standard InChI is InChI=1S/C7H15N3O2/c1-4-6-9(8)10(11)12-7(3)5-2/h4-6,8-10H,1-3H3/b6-4-,7-5+. The van der Waals surface area contributed by atoms with Crippen LogP contribution < -0.4 is 10.5 Å². The van der Waals surface area contributed by atoms with Crippen LogP contribution in [0.25, 0.3) is 5.84 Å². The van der Waals surface area contributed by atoms with Gasteiger partial charge < -0.3 is 11.0 Å². The van der Waals surface area contributed by atoms with Crippen LogP contribution in [0.1, 0.15) is 20.8 Å². The predicted octanol–water partition coefficient (Wildman–Crippen LogP) is -0.475. The molecule has 5 heteroatoms. The average molecular weight is 173 g/mol. The van der Waals surface area contributed by atoms with Crippen molar-refractivity contribution >= 4 is 0 Å². The van der Waals surface area contributed by atoms with Crippen LogP contribution in [0.3, 0.4) is 0 Å². The van der Waals surface area contributed by atoms with Gasteiger partial charge in [0.15, 0.2) is 5.76 Å². The van der Waals surface area contributed by atoms with Crippen LogP contribution >= 0.6 is 0 Å². The molecule has 0 spiro atoms. The van der Waals surface area contributed by atoms with E-state index in [4.69, 9.17) is 10.7 Å². The highest BCUT2D eigenvalue weighted by Gasteiger charge is 2.01. The molecule has 0 aromatic rings. The van der Waals surface area contributed by atoms with Crippen molar-refractivity contribution in [2.45, 2.75) is 20.8 Å². The summed E-state index contributed by atoms with van der Waals surface area (Å²) in [6.07, 6.45) is 4.68. The molecule has 0 saturated heterocycles. The third kappa shape index (κ3) is 4.09. The maximum absolute atomic E-state index is 11.0. The van der Waals surface area contributed by atoms with Crippen molar-refractivity contribution < 1.29 is 15.3 Å². The number of allylic oxidation sites excluding steroid dienone is 3. The molecule has 70 valence electrons. The minimum absolute atomic E-state index is 0.140. The van der Waals surface area contributed by atoms with Crippen molar-refractivity contribution in [3.63, 3.8) is 0 Å².